The highest BCUT2D eigenvalue weighted by molar-refractivity contribution is 5.89. The number of aromatic amines is 1. The van der Waals surface area contributed by atoms with E-state index in [1.54, 1.807) is 0 Å². The summed E-state index contributed by atoms with van der Waals surface area (Å²) in [4.78, 5) is 31.7. The molecule has 3 atom stereocenters. The summed E-state index contributed by atoms with van der Waals surface area (Å²) in [5.41, 5.74) is 7.64. The summed E-state index contributed by atoms with van der Waals surface area (Å²) in [5, 5.41) is 18.3. The molecule has 2 amide bonds. The molecule has 0 spiro atoms. The maximum atomic E-state index is 13.6. The highest BCUT2D eigenvalue weighted by Gasteiger charge is 2.36. The zero-order valence-electron chi connectivity index (χ0n) is 21.3. The van der Waals surface area contributed by atoms with E-state index in [1.165, 1.54) is 32.1 Å². The van der Waals surface area contributed by atoms with Crippen LogP contribution in [0.1, 0.15) is 57.4 Å². The number of nitrogens with one attached hydrogen (secondary N) is 5. The number of guanidine groups is 1. The minimum Gasteiger partial charge on any atom is -0.370 e. The quantitative estimate of drug-likeness (QED) is 0.234. The second-order valence-corrected chi connectivity index (χ2v) is 10.3. The first kappa shape index (κ1) is 26.0. The first-order valence-corrected chi connectivity index (χ1v) is 13.4. The fourth-order valence-corrected chi connectivity index (χ4v) is 5.71. The van der Waals surface area contributed by atoms with Gasteiger partial charge in [0.05, 0.1) is 12.5 Å². The van der Waals surface area contributed by atoms with Crippen molar-refractivity contribution in [2.75, 3.05) is 19.6 Å². The number of nitrogens with two attached hydrogens (primary N) is 1. The molecular formula is C27H41N7O2. The second-order valence-electron chi connectivity index (χ2n) is 10.3. The predicted molar refractivity (Wildman–Crippen MR) is 143 cm³/mol. The average molecular weight is 496 g/mol. The van der Waals surface area contributed by atoms with Crippen molar-refractivity contribution in [1.29, 1.82) is 5.41 Å². The molecule has 9 heteroatoms. The first-order chi connectivity index (χ1) is 17.4. The van der Waals surface area contributed by atoms with Gasteiger partial charge < -0.3 is 26.3 Å². The standard InChI is InChI=1S/C27H41N7O2/c1-2-22(33-27(28)29)25-26(36)34(17-18-8-4-3-5-9-18)13-12-20(32-25)16-31-24(35)14-19-15-30-23-11-7-6-10-21(19)23/h6-7,10-11,15,18,20,22,25,30,32H,2-5,8-9,12-14,16-17H2,1H3,(H,31,35)(H4,28,29,33)/t20-,22?,25-/m0/s1. The lowest BCUT2D eigenvalue weighted by molar-refractivity contribution is -0.134. The van der Waals surface area contributed by atoms with Crippen LogP contribution in [0.2, 0.25) is 0 Å². The molecule has 1 saturated heterocycles. The van der Waals surface area contributed by atoms with E-state index < -0.39 is 6.04 Å². The van der Waals surface area contributed by atoms with E-state index >= 15 is 0 Å². The number of carbonyl (C=O) groups excluding carboxylic acids is 2. The van der Waals surface area contributed by atoms with E-state index in [0.717, 1.165) is 29.4 Å². The zero-order valence-corrected chi connectivity index (χ0v) is 21.3. The number of benzene rings is 1. The number of aromatic nitrogens is 1. The molecule has 9 nitrogen and oxygen atoms in total. The van der Waals surface area contributed by atoms with Crippen LogP contribution in [-0.2, 0) is 16.0 Å². The molecular weight excluding hydrogens is 454 g/mol. The van der Waals surface area contributed by atoms with Crippen molar-refractivity contribution in [3.05, 3.63) is 36.0 Å². The van der Waals surface area contributed by atoms with Crippen molar-refractivity contribution < 1.29 is 9.59 Å². The number of carbonyl (C=O) groups is 2. The van der Waals surface area contributed by atoms with E-state index in [1.807, 2.05) is 42.3 Å². The number of hydrogen-bond donors (Lipinski definition) is 6. The molecule has 1 unspecified atom stereocenters. The lowest BCUT2D eigenvalue weighted by Crippen LogP contribution is -2.60. The van der Waals surface area contributed by atoms with Gasteiger partial charge in [-0.15, -0.1) is 0 Å². The van der Waals surface area contributed by atoms with Crippen molar-refractivity contribution in [2.45, 2.75) is 76.4 Å². The van der Waals surface area contributed by atoms with Crippen molar-refractivity contribution >= 4 is 28.7 Å². The number of para-hydroxylation sites is 1. The predicted octanol–water partition coefficient (Wildman–Crippen LogP) is 2.23. The minimum absolute atomic E-state index is 0.0401. The van der Waals surface area contributed by atoms with Crippen molar-refractivity contribution in [1.82, 2.24) is 25.8 Å². The summed E-state index contributed by atoms with van der Waals surface area (Å²) in [5.74, 6) is 0.440. The number of amides is 2. The van der Waals surface area contributed by atoms with Gasteiger partial charge in [0.25, 0.3) is 0 Å². The van der Waals surface area contributed by atoms with Gasteiger partial charge in [-0.2, -0.15) is 0 Å². The Hall–Kier alpha value is -3.07. The normalized spacial score (nSPS) is 22.2. The fourth-order valence-electron chi connectivity index (χ4n) is 5.71. The Balaban J connectivity index is 1.41. The molecule has 0 radical (unpaired) electrons. The molecule has 0 bridgehead atoms. The van der Waals surface area contributed by atoms with Gasteiger partial charge in [-0.1, -0.05) is 44.4 Å². The van der Waals surface area contributed by atoms with Gasteiger partial charge in [0.1, 0.15) is 6.04 Å². The van der Waals surface area contributed by atoms with Crippen LogP contribution in [0.5, 0.6) is 0 Å². The van der Waals surface area contributed by atoms with Gasteiger partial charge in [-0.25, -0.2) is 0 Å². The summed E-state index contributed by atoms with van der Waals surface area (Å²) in [7, 11) is 0. The first-order valence-electron chi connectivity index (χ1n) is 13.4. The summed E-state index contributed by atoms with van der Waals surface area (Å²) in [6.45, 7) is 3.88. The summed E-state index contributed by atoms with van der Waals surface area (Å²) in [6.07, 6.45) is 9.73. The third kappa shape index (κ3) is 6.57. The van der Waals surface area contributed by atoms with E-state index in [0.29, 0.717) is 31.8 Å². The fraction of sp³-hybridized carbons (Fsp3) is 0.593. The number of fused-ring (bicyclic) bond motifs is 1. The second kappa shape index (κ2) is 12.3. The van der Waals surface area contributed by atoms with E-state index in [4.69, 9.17) is 11.1 Å². The summed E-state index contributed by atoms with van der Waals surface area (Å²) < 4.78 is 0. The Bertz CT molecular complexity index is 1050. The topological polar surface area (TPSA) is 139 Å². The van der Waals surface area contributed by atoms with Gasteiger partial charge in [0.15, 0.2) is 5.96 Å². The molecule has 1 aromatic carbocycles. The van der Waals surface area contributed by atoms with E-state index in [-0.39, 0.29) is 29.9 Å². The number of H-pyrrole nitrogens is 1. The van der Waals surface area contributed by atoms with Crippen LogP contribution < -0.4 is 21.7 Å². The lowest BCUT2D eigenvalue weighted by atomic mass is 9.88. The third-order valence-corrected chi connectivity index (χ3v) is 7.70. The van der Waals surface area contributed by atoms with Crippen LogP contribution in [0.4, 0.5) is 0 Å². The Labute approximate surface area is 213 Å². The Morgan fingerprint density at radius 2 is 2.00 bits per heavy atom. The molecule has 2 aromatic rings. The van der Waals surface area contributed by atoms with Gasteiger partial charge >= 0.3 is 0 Å². The highest BCUT2D eigenvalue weighted by atomic mass is 16.2. The molecule has 1 aliphatic carbocycles. The Morgan fingerprint density at radius 1 is 1.22 bits per heavy atom. The number of rotatable bonds is 9. The van der Waals surface area contributed by atoms with E-state index in [9.17, 15) is 9.59 Å². The van der Waals surface area contributed by atoms with E-state index in [2.05, 4.69) is 20.9 Å². The molecule has 2 fully saturated rings. The third-order valence-electron chi connectivity index (χ3n) is 7.70. The number of nitrogens with zero attached hydrogens (tertiary/aromatic N) is 1. The summed E-state index contributed by atoms with van der Waals surface area (Å²) >= 11 is 0. The van der Waals surface area contributed by atoms with Crippen LogP contribution in [0.15, 0.2) is 30.5 Å². The molecule has 1 aromatic heterocycles. The molecule has 7 N–H and O–H groups in total. The van der Waals surface area contributed by atoms with Crippen molar-refractivity contribution in [2.24, 2.45) is 11.7 Å². The van der Waals surface area contributed by atoms with Crippen molar-refractivity contribution in [3.8, 4) is 0 Å². The van der Waals surface area contributed by atoms with Crippen molar-refractivity contribution in [3.63, 3.8) is 0 Å². The molecule has 1 aliphatic heterocycles. The van der Waals surface area contributed by atoms with Gasteiger partial charge in [-0.3, -0.25) is 20.3 Å². The average Bonchev–Trinajstić information content (AvgIpc) is 3.21. The van der Waals surface area contributed by atoms with Crippen LogP contribution in [0.25, 0.3) is 10.9 Å². The Morgan fingerprint density at radius 3 is 2.75 bits per heavy atom. The molecule has 1 saturated carbocycles. The van der Waals surface area contributed by atoms with Gasteiger partial charge in [0.2, 0.25) is 11.8 Å². The largest absolute Gasteiger partial charge is 0.370 e. The maximum absolute atomic E-state index is 13.6. The molecule has 196 valence electrons. The maximum Gasteiger partial charge on any atom is 0.241 e. The van der Waals surface area contributed by atoms with Gasteiger partial charge in [0, 0.05) is 42.8 Å². The zero-order chi connectivity index (χ0) is 25.5. The smallest absolute Gasteiger partial charge is 0.241 e. The SMILES string of the molecule is CCC(NC(=N)N)[C@@H]1N[C@H](CNC(=O)Cc2c[nH]c3ccccc23)CCN(CC2CCCCC2)C1=O. The number of hydrogen-bond acceptors (Lipinski definition) is 4. The monoisotopic (exact) mass is 495 g/mol. The molecule has 4 rings (SSSR count). The van der Waals surface area contributed by atoms with Crippen LogP contribution in [-0.4, -0.2) is 65.4 Å². The van der Waals surface area contributed by atoms with Gasteiger partial charge in [-0.05, 0) is 43.2 Å². The Kier molecular flexibility index (Phi) is 8.85. The lowest BCUT2D eigenvalue weighted by Gasteiger charge is -2.33. The summed E-state index contributed by atoms with van der Waals surface area (Å²) in [6, 6.07) is 7.13. The molecule has 36 heavy (non-hydrogen) atoms. The van der Waals surface area contributed by atoms with Crippen LogP contribution in [0, 0.1) is 11.3 Å². The minimum atomic E-state index is -0.500. The highest BCUT2D eigenvalue weighted by Crippen LogP contribution is 2.26. The van der Waals surface area contributed by atoms with Crippen LogP contribution in [0.3, 0.4) is 0 Å². The van der Waals surface area contributed by atoms with Crippen LogP contribution >= 0.6 is 0 Å². The molecule has 2 heterocycles. The molecule has 2 aliphatic rings.